The lowest BCUT2D eigenvalue weighted by molar-refractivity contribution is -0.133. The summed E-state index contributed by atoms with van der Waals surface area (Å²) in [4.78, 5) is 23.4. The first-order chi connectivity index (χ1) is 13.2. The zero-order chi connectivity index (χ0) is 18.6. The highest BCUT2D eigenvalue weighted by molar-refractivity contribution is 5.76. The van der Waals surface area contributed by atoms with Crippen molar-refractivity contribution in [3.8, 4) is 0 Å². The predicted molar refractivity (Wildman–Crippen MR) is 101 cm³/mol. The van der Waals surface area contributed by atoms with Gasteiger partial charge in [0.25, 0.3) is 0 Å². The van der Waals surface area contributed by atoms with E-state index in [-0.39, 0.29) is 11.8 Å². The number of rotatable bonds is 5. The molecule has 0 bridgehead atoms. The van der Waals surface area contributed by atoms with Crippen LogP contribution in [0.1, 0.15) is 35.8 Å². The Morgan fingerprint density at radius 1 is 1.19 bits per heavy atom. The molecule has 1 fully saturated rings. The summed E-state index contributed by atoms with van der Waals surface area (Å²) in [5.74, 6) is 1.44. The van der Waals surface area contributed by atoms with Gasteiger partial charge < -0.3 is 9.47 Å². The first kappa shape index (κ1) is 17.5. The number of imidazole rings is 1. The number of carbonyl (C=O) groups excluding carboxylic acids is 1. The quantitative estimate of drug-likeness (QED) is 0.696. The first-order valence-electron chi connectivity index (χ1n) is 9.37. The van der Waals surface area contributed by atoms with E-state index in [9.17, 15) is 4.79 Å². The summed E-state index contributed by atoms with van der Waals surface area (Å²) in [6.07, 6.45) is 11.3. The van der Waals surface area contributed by atoms with Crippen molar-refractivity contribution < 1.29 is 4.79 Å². The summed E-state index contributed by atoms with van der Waals surface area (Å²) in [5.41, 5.74) is 2.20. The van der Waals surface area contributed by atoms with E-state index in [1.54, 1.807) is 10.9 Å². The maximum absolute atomic E-state index is 12.7. The number of nitrogens with zero attached hydrogens (tertiary/aromatic N) is 6. The van der Waals surface area contributed by atoms with E-state index in [1.165, 1.54) is 5.56 Å². The number of aryl methyl sites for hydroxylation is 1. The number of aromatic nitrogens is 5. The number of pyridine rings is 1. The van der Waals surface area contributed by atoms with Gasteiger partial charge >= 0.3 is 0 Å². The van der Waals surface area contributed by atoms with Crippen LogP contribution in [0.15, 0.2) is 49.2 Å². The molecule has 7 nitrogen and oxygen atoms in total. The molecule has 1 saturated heterocycles. The van der Waals surface area contributed by atoms with E-state index in [0.717, 1.165) is 37.4 Å². The summed E-state index contributed by atoms with van der Waals surface area (Å²) < 4.78 is 3.95. The summed E-state index contributed by atoms with van der Waals surface area (Å²) in [5, 5.41) is 4.23. The number of amides is 1. The molecule has 1 atom stereocenters. The van der Waals surface area contributed by atoms with Gasteiger partial charge in [-0.1, -0.05) is 0 Å². The number of likely N-dealkylation sites (tertiary alicyclic amines) is 1. The van der Waals surface area contributed by atoms with E-state index in [4.69, 9.17) is 0 Å². The van der Waals surface area contributed by atoms with Crippen LogP contribution in [-0.2, 0) is 17.9 Å². The minimum atomic E-state index is 0.124. The Morgan fingerprint density at radius 3 is 2.81 bits per heavy atom. The van der Waals surface area contributed by atoms with Crippen molar-refractivity contribution in [3.05, 3.63) is 66.3 Å². The van der Waals surface area contributed by atoms with Crippen LogP contribution in [0.4, 0.5) is 0 Å². The van der Waals surface area contributed by atoms with Crippen LogP contribution < -0.4 is 0 Å². The second-order valence-electron chi connectivity index (χ2n) is 7.08. The molecule has 3 aromatic heterocycles. The maximum Gasteiger partial charge on any atom is 0.244 e. The normalized spacial score (nSPS) is 17.2. The van der Waals surface area contributed by atoms with Crippen LogP contribution >= 0.6 is 0 Å². The summed E-state index contributed by atoms with van der Waals surface area (Å²) in [6.45, 7) is 4.56. The Morgan fingerprint density at radius 2 is 2.04 bits per heavy atom. The molecule has 4 heterocycles. The Bertz CT molecular complexity index is 900. The summed E-state index contributed by atoms with van der Waals surface area (Å²) in [7, 11) is 0. The Hall–Kier alpha value is -2.96. The largest absolute Gasteiger partial charge is 0.340 e. The van der Waals surface area contributed by atoms with Crippen molar-refractivity contribution in [2.24, 2.45) is 0 Å². The standard InChI is InChI=1S/C20H24N6O/c1-16-4-9-23-26(16)15-19(27)24-11-2-3-18(14-24)20-22-10-12-25(20)13-17-5-7-21-8-6-17/h4-10,12,18H,2-3,11,13-15H2,1H3/t18-/m0/s1. The summed E-state index contributed by atoms with van der Waals surface area (Å²) in [6, 6.07) is 5.96. The van der Waals surface area contributed by atoms with Crippen LogP contribution in [0.5, 0.6) is 0 Å². The molecule has 27 heavy (non-hydrogen) atoms. The van der Waals surface area contributed by atoms with Crippen molar-refractivity contribution >= 4 is 5.91 Å². The molecular weight excluding hydrogens is 340 g/mol. The molecule has 0 N–H and O–H groups in total. The molecule has 1 amide bonds. The predicted octanol–water partition coefficient (Wildman–Crippen LogP) is 2.24. The lowest BCUT2D eigenvalue weighted by Crippen LogP contribution is -2.41. The molecule has 1 aliphatic heterocycles. The van der Waals surface area contributed by atoms with Crippen molar-refractivity contribution in [3.63, 3.8) is 0 Å². The second-order valence-corrected chi connectivity index (χ2v) is 7.08. The smallest absolute Gasteiger partial charge is 0.244 e. The molecule has 0 aliphatic carbocycles. The van der Waals surface area contributed by atoms with E-state index in [2.05, 4.69) is 19.6 Å². The molecule has 0 unspecified atom stereocenters. The number of piperidine rings is 1. The minimum Gasteiger partial charge on any atom is -0.340 e. The SMILES string of the molecule is Cc1ccnn1CC(=O)N1CCC[C@H](c2nccn2Cc2ccncc2)C1. The minimum absolute atomic E-state index is 0.124. The fourth-order valence-electron chi connectivity index (χ4n) is 3.71. The topological polar surface area (TPSA) is 68.8 Å². The molecule has 7 heteroatoms. The molecule has 0 radical (unpaired) electrons. The van der Waals surface area contributed by atoms with Gasteiger partial charge in [-0.25, -0.2) is 4.98 Å². The van der Waals surface area contributed by atoms with Crippen molar-refractivity contribution in [2.45, 2.75) is 38.8 Å². The van der Waals surface area contributed by atoms with Crippen molar-refractivity contribution in [1.82, 2.24) is 29.2 Å². The van der Waals surface area contributed by atoms with Gasteiger partial charge in [0.15, 0.2) is 0 Å². The van der Waals surface area contributed by atoms with Crippen LogP contribution in [0.3, 0.4) is 0 Å². The zero-order valence-electron chi connectivity index (χ0n) is 15.5. The average Bonchev–Trinajstić information content (AvgIpc) is 3.32. The molecule has 140 valence electrons. The molecule has 0 saturated carbocycles. The second kappa shape index (κ2) is 7.73. The molecular formula is C20H24N6O. The average molecular weight is 364 g/mol. The third-order valence-corrected chi connectivity index (χ3v) is 5.20. The Balaban J connectivity index is 1.45. The van der Waals surface area contributed by atoms with Gasteiger partial charge in [-0.2, -0.15) is 5.10 Å². The Kier molecular flexibility index (Phi) is 5.00. The first-order valence-corrected chi connectivity index (χ1v) is 9.37. The highest BCUT2D eigenvalue weighted by Gasteiger charge is 2.27. The van der Waals surface area contributed by atoms with Crippen LogP contribution in [0, 0.1) is 6.92 Å². The number of hydrogen-bond acceptors (Lipinski definition) is 4. The van der Waals surface area contributed by atoms with Crippen LogP contribution in [0.2, 0.25) is 0 Å². The van der Waals surface area contributed by atoms with Gasteiger partial charge in [0.1, 0.15) is 12.4 Å². The molecule has 0 spiro atoms. The highest BCUT2D eigenvalue weighted by Crippen LogP contribution is 2.26. The number of hydrogen-bond donors (Lipinski definition) is 0. The van der Waals surface area contributed by atoms with E-state index >= 15 is 0 Å². The third-order valence-electron chi connectivity index (χ3n) is 5.20. The van der Waals surface area contributed by atoms with Gasteiger partial charge in [-0.05, 0) is 43.5 Å². The van der Waals surface area contributed by atoms with Crippen LogP contribution in [0.25, 0.3) is 0 Å². The monoisotopic (exact) mass is 364 g/mol. The van der Waals surface area contributed by atoms with Gasteiger partial charge in [0.05, 0.1) is 0 Å². The van der Waals surface area contributed by atoms with E-state index in [1.807, 2.05) is 54.8 Å². The van der Waals surface area contributed by atoms with Gasteiger partial charge in [-0.3, -0.25) is 14.5 Å². The molecule has 0 aromatic carbocycles. The van der Waals surface area contributed by atoms with Gasteiger partial charge in [-0.15, -0.1) is 0 Å². The van der Waals surface area contributed by atoms with Gasteiger partial charge in [0.2, 0.25) is 5.91 Å². The fourth-order valence-corrected chi connectivity index (χ4v) is 3.71. The lowest BCUT2D eigenvalue weighted by atomic mass is 9.97. The maximum atomic E-state index is 12.7. The molecule has 3 aromatic rings. The zero-order valence-corrected chi connectivity index (χ0v) is 15.5. The van der Waals surface area contributed by atoms with Crippen LogP contribution in [-0.4, -0.2) is 48.2 Å². The molecule has 4 rings (SSSR count). The van der Waals surface area contributed by atoms with Gasteiger partial charge in [0, 0.05) is 62.2 Å². The lowest BCUT2D eigenvalue weighted by Gasteiger charge is -2.33. The van der Waals surface area contributed by atoms with Crippen molar-refractivity contribution in [2.75, 3.05) is 13.1 Å². The highest BCUT2D eigenvalue weighted by atomic mass is 16.2. The fraction of sp³-hybridized carbons (Fsp3) is 0.400. The van der Waals surface area contributed by atoms with E-state index in [0.29, 0.717) is 13.1 Å². The van der Waals surface area contributed by atoms with Crippen molar-refractivity contribution in [1.29, 1.82) is 0 Å². The summed E-state index contributed by atoms with van der Waals surface area (Å²) >= 11 is 0. The van der Waals surface area contributed by atoms with E-state index < -0.39 is 0 Å². The Labute approximate surface area is 158 Å². The molecule has 1 aliphatic rings. The number of carbonyl (C=O) groups is 1. The third kappa shape index (κ3) is 3.92.